The molecule has 8 aromatic carbocycles. The molecule has 0 unspecified atom stereocenters. The van der Waals surface area contributed by atoms with Crippen molar-refractivity contribution in [1.29, 1.82) is 0 Å². The van der Waals surface area contributed by atoms with Crippen LogP contribution in [0.1, 0.15) is 0 Å². The van der Waals surface area contributed by atoms with Crippen molar-refractivity contribution < 1.29 is 0 Å². The molecule has 0 N–H and O–H groups in total. The van der Waals surface area contributed by atoms with Crippen LogP contribution >= 0.6 is 11.3 Å². The third-order valence-electron chi connectivity index (χ3n) is 8.82. The predicted octanol–water partition coefficient (Wildman–Crippen LogP) is 12.5. The standard InChI is InChI=1S/C42H26S/c1-2-11-27(12-3-1)28-15-10-16-31(23-28)41-34-17-6-8-19-36(34)42(37-20-9-7-18-35(37)41)32-21-22-33-38-24-29-13-4-5-14-30(29)25-40(38)43-39(33)26-32/h1-26H. The first-order chi connectivity index (χ1) is 21.3. The van der Waals surface area contributed by atoms with Gasteiger partial charge in [0.25, 0.3) is 0 Å². The fourth-order valence-corrected chi connectivity index (χ4v) is 8.03. The summed E-state index contributed by atoms with van der Waals surface area (Å²) in [6, 6.07) is 58.0. The molecule has 0 spiro atoms. The van der Waals surface area contributed by atoms with E-state index in [1.54, 1.807) is 0 Å². The van der Waals surface area contributed by atoms with Crippen molar-refractivity contribution in [1.82, 2.24) is 0 Å². The monoisotopic (exact) mass is 562 g/mol. The summed E-state index contributed by atoms with van der Waals surface area (Å²) >= 11 is 1.90. The lowest BCUT2D eigenvalue weighted by atomic mass is 9.85. The van der Waals surface area contributed by atoms with Gasteiger partial charge in [0.2, 0.25) is 0 Å². The number of benzene rings is 8. The Hall–Kier alpha value is -5.24. The topological polar surface area (TPSA) is 0 Å². The lowest BCUT2D eigenvalue weighted by Gasteiger charge is -2.18. The minimum atomic E-state index is 1.23. The lowest BCUT2D eigenvalue weighted by Crippen LogP contribution is -1.91. The van der Waals surface area contributed by atoms with Crippen LogP contribution in [0.4, 0.5) is 0 Å². The molecule has 43 heavy (non-hydrogen) atoms. The van der Waals surface area contributed by atoms with Crippen LogP contribution in [-0.4, -0.2) is 0 Å². The molecular weight excluding hydrogens is 537 g/mol. The van der Waals surface area contributed by atoms with Gasteiger partial charge in [-0.05, 0) is 90.0 Å². The second-order valence-corrected chi connectivity index (χ2v) is 12.4. The quantitative estimate of drug-likeness (QED) is 0.188. The molecule has 0 fully saturated rings. The molecule has 200 valence electrons. The molecule has 0 aliphatic rings. The van der Waals surface area contributed by atoms with Gasteiger partial charge in [0, 0.05) is 20.2 Å². The Morgan fingerprint density at radius 1 is 0.279 bits per heavy atom. The maximum absolute atomic E-state index is 2.41. The summed E-state index contributed by atoms with van der Waals surface area (Å²) in [5.74, 6) is 0. The first-order valence-electron chi connectivity index (χ1n) is 14.8. The van der Waals surface area contributed by atoms with Gasteiger partial charge < -0.3 is 0 Å². The maximum Gasteiger partial charge on any atom is 0.0361 e. The Morgan fingerprint density at radius 3 is 1.47 bits per heavy atom. The maximum atomic E-state index is 2.41. The van der Waals surface area contributed by atoms with Crippen molar-refractivity contribution in [3.63, 3.8) is 0 Å². The van der Waals surface area contributed by atoms with Gasteiger partial charge in [-0.15, -0.1) is 11.3 Å². The molecule has 0 nitrogen and oxygen atoms in total. The van der Waals surface area contributed by atoms with Crippen molar-refractivity contribution in [2.24, 2.45) is 0 Å². The third-order valence-corrected chi connectivity index (χ3v) is 9.93. The fourth-order valence-electron chi connectivity index (χ4n) is 6.85. The van der Waals surface area contributed by atoms with E-state index in [2.05, 4.69) is 158 Å². The van der Waals surface area contributed by atoms with Gasteiger partial charge in [-0.1, -0.05) is 133 Å². The Kier molecular flexibility index (Phi) is 5.47. The third kappa shape index (κ3) is 3.90. The molecule has 1 heteroatoms. The van der Waals surface area contributed by atoms with E-state index in [1.165, 1.54) is 85.9 Å². The summed E-state index contributed by atoms with van der Waals surface area (Å²) in [5.41, 5.74) is 7.58. The van der Waals surface area contributed by atoms with E-state index in [9.17, 15) is 0 Å². The molecule has 0 radical (unpaired) electrons. The summed E-state index contributed by atoms with van der Waals surface area (Å²) in [6.45, 7) is 0. The summed E-state index contributed by atoms with van der Waals surface area (Å²) in [4.78, 5) is 0. The fraction of sp³-hybridized carbons (Fsp3) is 0. The summed E-state index contributed by atoms with van der Waals surface area (Å²) < 4.78 is 2.67. The second-order valence-electron chi connectivity index (χ2n) is 11.3. The number of hydrogen-bond acceptors (Lipinski definition) is 1. The highest BCUT2D eigenvalue weighted by Crippen LogP contribution is 2.46. The van der Waals surface area contributed by atoms with Gasteiger partial charge in [0.05, 0.1) is 0 Å². The summed E-state index contributed by atoms with van der Waals surface area (Å²) in [6.07, 6.45) is 0. The molecule has 0 aliphatic heterocycles. The van der Waals surface area contributed by atoms with Crippen molar-refractivity contribution >= 4 is 63.8 Å². The molecule has 0 bridgehead atoms. The zero-order valence-corrected chi connectivity index (χ0v) is 24.2. The van der Waals surface area contributed by atoms with E-state index < -0.39 is 0 Å². The number of rotatable bonds is 3. The van der Waals surface area contributed by atoms with E-state index in [4.69, 9.17) is 0 Å². The highest BCUT2D eigenvalue weighted by molar-refractivity contribution is 7.25. The van der Waals surface area contributed by atoms with Gasteiger partial charge in [0.1, 0.15) is 0 Å². The van der Waals surface area contributed by atoms with Gasteiger partial charge in [-0.3, -0.25) is 0 Å². The largest absolute Gasteiger partial charge is 0.135 e. The average Bonchev–Trinajstić information content (AvgIpc) is 3.43. The number of thiophene rings is 1. The number of fused-ring (bicyclic) bond motifs is 6. The smallest absolute Gasteiger partial charge is 0.0361 e. The second kappa shape index (κ2) is 9.66. The van der Waals surface area contributed by atoms with E-state index in [0.717, 1.165) is 0 Å². The van der Waals surface area contributed by atoms with E-state index in [0.29, 0.717) is 0 Å². The van der Waals surface area contributed by atoms with Crippen LogP contribution in [0.5, 0.6) is 0 Å². The van der Waals surface area contributed by atoms with E-state index in [1.807, 2.05) is 11.3 Å². The Balaban J connectivity index is 1.31. The average molecular weight is 563 g/mol. The van der Waals surface area contributed by atoms with Crippen LogP contribution in [0.3, 0.4) is 0 Å². The molecule has 9 aromatic rings. The molecule has 9 rings (SSSR count). The zero-order chi connectivity index (χ0) is 28.3. The highest BCUT2D eigenvalue weighted by atomic mass is 32.1. The zero-order valence-electron chi connectivity index (χ0n) is 23.4. The molecule has 0 saturated heterocycles. The SMILES string of the molecule is c1ccc(-c2cccc(-c3c4ccccc4c(-c4ccc5c(c4)sc4cc6ccccc6cc45)c4ccccc34)c2)cc1. The van der Waals surface area contributed by atoms with Crippen molar-refractivity contribution in [3.05, 3.63) is 158 Å². The van der Waals surface area contributed by atoms with E-state index >= 15 is 0 Å². The first-order valence-corrected chi connectivity index (χ1v) is 15.6. The molecule has 0 aliphatic carbocycles. The van der Waals surface area contributed by atoms with Gasteiger partial charge in [-0.2, -0.15) is 0 Å². The van der Waals surface area contributed by atoms with Gasteiger partial charge >= 0.3 is 0 Å². The van der Waals surface area contributed by atoms with Crippen LogP contribution in [0.2, 0.25) is 0 Å². The molecule has 1 aromatic heterocycles. The normalized spacial score (nSPS) is 11.7. The molecular formula is C42H26S. The van der Waals surface area contributed by atoms with Gasteiger partial charge in [-0.25, -0.2) is 0 Å². The molecule has 0 amide bonds. The molecule has 0 saturated carbocycles. The Labute approximate surface area is 254 Å². The minimum absolute atomic E-state index is 1.23. The van der Waals surface area contributed by atoms with Gasteiger partial charge in [0.15, 0.2) is 0 Å². The minimum Gasteiger partial charge on any atom is -0.135 e. The molecule has 0 atom stereocenters. The Morgan fingerprint density at radius 2 is 0.791 bits per heavy atom. The number of hydrogen-bond donors (Lipinski definition) is 0. The van der Waals surface area contributed by atoms with Crippen LogP contribution in [0, 0.1) is 0 Å². The van der Waals surface area contributed by atoms with Crippen LogP contribution < -0.4 is 0 Å². The van der Waals surface area contributed by atoms with Crippen LogP contribution in [-0.2, 0) is 0 Å². The first kappa shape index (κ1) is 24.4. The van der Waals surface area contributed by atoms with Crippen LogP contribution in [0.15, 0.2) is 158 Å². The van der Waals surface area contributed by atoms with E-state index in [-0.39, 0.29) is 0 Å². The molecule has 1 heterocycles. The van der Waals surface area contributed by atoms with Crippen LogP contribution in [0.25, 0.3) is 85.9 Å². The van der Waals surface area contributed by atoms with Crippen molar-refractivity contribution in [2.45, 2.75) is 0 Å². The van der Waals surface area contributed by atoms with Crippen molar-refractivity contribution in [3.8, 4) is 33.4 Å². The summed E-state index contributed by atoms with van der Waals surface area (Å²) in [7, 11) is 0. The van der Waals surface area contributed by atoms with Crippen molar-refractivity contribution in [2.75, 3.05) is 0 Å². The predicted molar refractivity (Wildman–Crippen MR) is 188 cm³/mol. The lowest BCUT2D eigenvalue weighted by molar-refractivity contribution is 1.61. The Bertz CT molecular complexity index is 2440. The highest BCUT2D eigenvalue weighted by Gasteiger charge is 2.18. The summed E-state index contributed by atoms with van der Waals surface area (Å²) in [5, 5.41) is 10.4.